The minimum Gasteiger partial charge on any atom is -0.332 e. The second-order valence-electron chi connectivity index (χ2n) is 5.12. The first kappa shape index (κ1) is 18.1. The molecule has 1 aliphatic rings. The lowest BCUT2D eigenvalue weighted by molar-refractivity contribution is -0.137. The lowest BCUT2D eigenvalue weighted by atomic mass is 10.0. The standard InChI is InChI=1S/C14H10F5N3OS/c1-21-12(24)22(11(23)13(21,6-15)7-16)9-3-2-8(5-20)10(4-9)14(17,18)19/h2-4H,6-7H2,1H3. The van der Waals surface area contributed by atoms with Gasteiger partial charge in [0.25, 0.3) is 5.91 Å². The van der Waals surface area contributed by atoms with Crippen molar-refractivity contribution in [3.63, 3.8) is 0 Å². The van der Waals surface area contributed by atoms with E-state index < -0.39 is 42.1 Å². The molecule has 0 unspecified atom stereocenters. The van der Waals surface area contributed by atoms with Crippen LogP contribution in [0.4, 0.5) is 27.6 Å². The van der Waals surface area contributed by atoms with E-state index in [4.69, 9.17) is 17.5 Å². The minimum atomic E-state index is -4.84. The first-order chi connectivity index (χ1) is 11.1. The van der Waals surface area contributed by atoms with Crippen molar-refractivity contribution in [2.24, 2.45) is 0 Å². The third kappa shape index (κ3) is 2.49. The molecule has 0 spiro atoms. The van der Waals surface area contributed by atoms with Crippen LogP contribution in [0.15, 0.2) is 18.2 Å². The van der Waals surface area contributed by atoms with Gasteiger partial charge in [0.15, 0.2) is 10.7 Å². The summed E-state index contributed by atoms with van der Waals surface area (Å²) in [5, 5.41) is 8.45. The van der Waals surface area contributed by atoms with Crippen molar-refractivity contribution in [2.75, 3.05) is 25.3 Å². The predicted octanol–water partition coefficient (Wildman–Crippen LogP) is 2.82. The smallest absolute Gasteiger partial charge is 0.332 e. The number of carbonyl (C=O) groups excluding carboxylic acids is 1. The molecule has 1 aliphatic heterocycles. The van der Waals surface area contributed by atoms with E-state index in [9.17, 15) is 26.7 Å². The highest BCUT2D eigenvalue weighted by atomic mass is 32.1. The maximum atomic E-state index is 13.3. The number of carbonyl (C=O) groups is 1. The molecule has 0 saturated carbocycles. The summed E-state index contributed by atoms with van der Waals surface area (Å²) in [5.41, 5.74) is -4.41. The number of thiocarbonyl (C=S) groups is 1. The molecular weight excluding hydrogens is 353 g/mol. The maximum Gasteiger partial charge on any atom is 0.417 e. The molecule has 0 bridgehead atoms. The van der Waals surface area contributed by atoms with Crippen LogP contribution in [0, 0.1) is 11.3 Å². The predicted molar refractivity (Wildman–Crippen MR) is 78.7 cm³/mol. The number of benzene rings is 1. The van der Waals surface area contributed by atoms with Gasteiger partial charge in [-0.1, -0.05) is 0 Å². The Balaban J connectivity index is 2.59. The van der Waals surface area contributed by atoms with E-state index in [0.717, 1.165) is 17.0 Å². The number of amides is 1. The summed E-state index contributed by atoms with van der Waals surface area (Å²) in [6, 6.07) is 3.90. The summed E-state index contributed by atoms with van der Waals surface area (Å²) < 4.78 is 65.7. The molecule has 1 aromatic rings. The zero-order valence-corrected chi connectivity index (χ0v) is 13.0. The Kier molecular flexibility index (Phi) is 4.50. The molecule has 24 heavy (non-hydrogen) atoms. The molecule has 1 fully saturated rings. The van der Waals surface area contributed by atoms with Gasteiger partial charge in [-0.2, -0.15) is 18.4 Å². The van der Waals surface area contributed by atoms with Crippen molar-refractivity contribution in [1.82, 2.24) is 4.90 Å². The minimum absolute atomic E-state index is 0.313. The van der Waals surface area contributed by atoms with Crippen LogP contribution in [0.25, 0.3) is 0 Å². The Hall–Kier alpha value is -2.28. The molecule has 1 amide bonds. The van der Waals surface area contributed by atoms with E-state index >= 15 is 0 Å². The van der Waals surface area contributed by atoms with E-state index in [1.165, 1.54) is 13.1 Å². The molecule has 0 N–H and O–H groups in total. The van der Waals surface area contributed by atoms with Crippen molar-refractivity contribution in [3.8, 4) is 6.07 Å². The van der Waals surface area contributed by atoms with Gasteiger partial charge in [0, 0.05) is 7.05 Å². The fourth-order valence-electron chi connectivity index (χ4n) is 2.33. The van der Waals surface area contributed by atoms with Gasteiger partial charge in [-0.3, -0.25) is 9.69 Å². The molecular formula is C14H10F5N3OS. The molecule has 2 rings (SSSR count). The topological polar surface area (TPSA) is 47.3 Å². The molecule has 0 aromatic heterocycles. The van der Waals surface area contributed by atoms with Crippen LogP contribution in [-0.2, 0) is 11.0 Å². The van der Waals surface area contributed by atoms with E-state index in [2.05, 4.69) is 0 Å². The summed E-state index contributed by atoms with van der Waals surface area (Å²) in [4.78, 5) is 13.9. The first-order valence-corrected chi connectivity index (χ1v) is 6.90. The average molecular weight is 363 g/mol. The monoisotopic (exact) mass is 363 g/mol. The van der Waals surface area contributed by atoms with Gasteiger partial charge in [-0.15, -0.1) is 0 Å². The number of rotatable bonds is 3. The van der Waals surface area contributed by atoms with Gasteiger partial charge in [0.05, 0.1) is 22.9 Å². The number of halogens is 5. The van der Waals surface area contributed by atoms with Crippen molar-refractivity contribution in [2.45, 2.75) is 11.7 Å². The number of likely N-dealkylation sites (N-methyl/N-ethyl adjacent to an activating group) is 1. The Labute approximate surface area is 139 Å². The van der Waals surface area contributed by atoms with Crippen LogP contribution in [0.3, 0.4) is 0 Å². The molecule has 0 radical (unpaired) electrons. The van der Waals surface area contributed by atoms with Crippen molar-refractivity contribution in [1.29, 1.82) is 5.26 Å². The summed E-state index contributed by atoms with van der Waals surface area (Å²) in [6.45, 7) is -2.78. The van der Waals surface area contributed by atoms with Crippen LogP contribution in [0.2, 0.25) is 0 Å². The number of alkyl halides is 5. The van der Waals surface area contributed by atoms with E-state index in [1.54, 1.807) is 0 Å². The first-order valence-electron chi connectivity index (χ1n) is 6.49. The molecule has 10 heteroatoms. The molecule has 0 aliphatic carbocycles. The highest BCUT2D eigenvalue weighted by Gasteiger charge is 2.55. The largest absolute Gasteiger partial charge is 0.417 e. The fraction of sp³-hybridized carbons (Fsp3) is 0.357. The van der Waals surface area contributed by atoms with Crippen LogP contribution in [0.5, 0.6) is 0 Å². The Morgan fingerprint density at radius 1 is 1.29 bits per heavy atom. The van der Waals surface area contributed by atoms with Crippen molar-refractivity contribution in [3.05, 3.63) is 29.3 Å². The Bertz CT molecular complexity index is 739. The van der Waals surface area contributed by atoms with E-state index in [1.807, 2.05) is 0 Å². The summed E-state index contributed by atoms with van der Waals surface area (Å²) >= 11 is 4.95. The second-order valence-corrected chi connectivity index (χ2v) is 5.49. The number of anilines is 1. The van der Waals surface area contributed by atoms with Crippen LogP contribution < -0.4 is 4.90 Å². The normalized spacial score (nSPS) is 17.4. The van der Waals surface area contributed by atoms with Crippen LogP contribution >= 0.6 is 12.2 Å². The van der Waals surface area contributed by atoms with Gasteiger partial charge in [-0.05, 0) is 30.4 Å². The number of hydrogen-bond acceptors (Lipinski definition) is 3. The Morgan fingerprint density at radius 3 is 2.29 bits per heavy atom. The van der Waals surface area contributed by atoms with Gasteiger partial charge in [0.2, 0.25) is 0 Å². The van der Waals surface area contributed by atoms with Gasteiger partial charge in [0.1, 0.15) is 13.3 Å². The van der Waals surface area contributed by atoms with Gasteiger partial charge in [-0.25, -0.2) is 8.78 Å². The number of nitrogens with zero attached hydrogens (tertiary/aromatic N) is 3. The van der Waals surface area contributed by atoms with Crippen LogP contribution in [-0.4, -0.2) is 41.9 Å². The summed E-state index contributed by atoms with van der Waals surface area (Å²) in [7, 11) is 1.19. The SMILES string of the molecule is CN1C(=S)N(c2ccc(C#N)c(C(F)(F)F)c2)C(=O)C1(CF)CF. The van der Waals surface area contributed by atoms with Gasteiger partial charge < -0.3 is 4.90 Å². The highest BCUT2D eigenvalue weighted by Crippen LogP contribution is 2.37. The molecule has 4 nitrogen and oxygen atoms in total. The lowest BCUT2D eigenvalue weighted by Crippen LogP contribution is -2.52. The summed E-state index contributed by atoms with van der Waals surface area (Å²) in [6.07, 6.45) is -4.84. The number of nitriles is 1. The van der Waals surface area contributed by atoms with E-state index in [-0.39, 0.29) is 10.8 Å². The van der Waals surface area contributed by atoms with E-state index in [0.29, 0.717) is 11.0 Å². The third-order valence-corrected chi connectivity index (χ3v) is 4.31. The highest BCUT2D eigenvalue weighted by molar-refractivity contribution is 7.80. The van der Waals surface area contributed by atoms with Crippen molar-refractivity contribution >= 4 is 28.9 Å². The average Bonchev–Trinajstić information content (AvgIpc) is 2.73. The molecule has 1 aromatic carbocycles. The maximum absolute atomic E-state index is 13.3. The molecule has 1 saturated heterocycles. The quantitative estimate of drug-likeness (QED) is 0.612. The van der Waals surface area contributed by atoms with Gasteiger partial charge >= 0.3 is 6.18 Å². The molecule has 1 heterocycles. The fourth-order valence-corrected chi connectivity index (χ4v) is 2.69. The molecule has 0 atom stereocenters. The van der Waals surface area contributed by atoms with Crippen molar-refractivity contribution < 1.29 is 26.7 Å². The second kappa shape index (κ2) is 5.98. The lowest BCUT2D eigenvalue weighted by Gasteiger charge is -2.27. The summed E-state index contributed by atoms with van der Waals surface area (Å²) in [5.74, 6) is -1.10. The Morgan fingerprint density at radius 2 is 1.88 bits per heavy atom. The number of hydrogen-bond donors (Lipinski definition) is 0. The third-order valence-electron chi connectivity index (χ3n) is 3.85. The van der Waals surface area contributed by atoms with Crippen LogP contribution in [0.1, 0.15) is 11.1 Å². The zero-order chi connectivity index (χ0) is 18.3. The zero-order valence-electron chi connectivity index (χ0n) is 12.2. The molecule has 128 valence electrons.